The summed E-state index contributed by atoms with van der Waals surface area (Å²) >= 11 is 0. The molecule has 3 aliphatic rings. The number of hydrogen-bond donors (Lipinski definition) is 1. The van der Waals surface area contributed by atoms with Crippen molar-refractivity contribution in [3.8, 4) is 0 Å². The predicted molar refractivity (Wildman–Crippen MR) is 85.6 cm³/mol. The van der Waals surface area contributed by atoms with Crippen LogP contribution in [0.1, 0.15) is 51.6 Å². The van der Waals surface area contributed by atoms with Crippen LogP contribution in [0.15, 0.2) is 42.0 Å². The third kappa shape index (κ3) is 2.44. The van der Waals surface area contributed by atoms with Crippen LogP contribution < -0.4 is 5.32 Å². The van der Waals surface area contributed by atoms with Crippen molar-refractivity contribution in [1.82, 2.24) is 5.32 Å². The molecular weight excluding hydrogens is 242 g/mol. The van der Waals surface area contributed by atoms with Crippen molar-refractivity contribution < 1.29 is 0 Å². The van der Waals surface area contributed by atoms with E-state index in [1.165, 1.54) is 24.8 Å². The maximum absolute atomic E-state index is 3.67. The van der Waals surface area contributed by atoms with E-state index in [9.17, 15) is 0 Å². The Bertz CT molecular complexity index is 486. The van der Waals surface area contributed by atoms with Crippen LogP contribution in [-0.4, -0.2) is 6.54 Å². The molecule has 0 radical (unpaired) electrons. The summed E-state index contributed by atoms with van der Waals surface area (Å²) in [6.07, 6.45) is 6.50. The Morgan fingerprint density at radius 2 is 2.00 bits per heavy atom. The zero-order valence-corrected chi connectivity index (χ0v) is 13.0. The van der Waals surface area contributed by atoms with Crippen molar-refractivity contribution in [1.29, 1.82) is 0 Å². The molecule has 1 N–H and O–H groups in total. The van der Waals surface area contributed by atoms with Gasteiger partial charge in [0.15, 0.2) is 0 Å². The number of hydrogen-bond acceptors (Lipinski definition) is 1. The van der Waals surface area contributed by atoms with Gasteiger partial charge in [0.1, 0.15) is 0 Å². The first-order valence-electron chi connectivity index (χ1n) is 8.06. The lowest BCUT2D eigenvalue weighted by Gasteiger charge is -2.56. The number of rotatable bonds is 5. The van der Waals surface area contributed by atoms with Gasteiger partial charge in [-0.05, 0) is 55.5 Å². The second kappa shape index (κ2) is 5.37. The monoisotopic (exact) mass is 269 g/mol. The molecule has 1 unspecified atom stereocenters. The summed E-state index contributed by atoms with van der Waals surface area (Å²) in [6, 6.07) is 11.2. The molecule has 3 aliphatic carbocycles. The van der Waals surface area contributed by atoms with Gasteiger partial charge in [0, 0.05) is 6.04 Å². The topological polar surface area (TPSA) is 12.0 Å². The lowest BCUT2D eigenvalue weighted by atomic mass is 9.48. The summed E-state index contributed by atoms with van der Waals surface area (Å²) in [5.41, 5.74) is 3.66. The Kier molecular flexibility index (Phi) is 3.72. The molecule has 1 fully saturated rings. The molecular formula is C19H27N. The van der Waals surface area contributed by atoms with E-state index in [4.69, 9.17) is 0 Å². The first kappa shape index (κ1) is 13.9. The largest absolute Gasteiger partial charge is 0.310 e. The molecule has 0 amide bonds. The fourth-order valence-corrected chi connectivity index (χ4v) is 4.05. The van der Waals surface area contributed by atoms with E-state index in [0.29, 0.717) is 11.5 Å². The first-order valence-corrected chi connectivity index (χ1v) is 8.06. The zero-order valence-electron chi connectivity index (χ0n) is 13.0. The van der Waals surface area contributed by atoms with E-state index in [2.05, 4.69) is 62.5 Å². The molecule has 2 bridgehead atoms. The molecule has 108 valence electrons. The molecule has 0 aliphatic heterocycles. The van der Waals surface area contributed by atoms with Crippen molar-refractivity contribution in [2.24, 2.45) is 17.3 Å². The summed E-state index contributed by atoms with van der Waals surface area (Å²) in [7, 11) is 0. The summed E-state index contributed by atoms with van der Waals surface area (Å²) in [5.74, 6) is 1.81. The van der Waals surface area contributed by atoms with Crippen LogP contribution in [0.4, 0.5) is 0 Å². The Balaban J connectivity index is 1.50. The second-order valence-corrected chi connectivity index (χ2v) is 7.16. The van der Waals surface area contributed by atoms with Gasteiger partial charge in [-0.2, -0.15) is 0 Å². The molecule has 0 aromatic heterocycles. The lowest BCUT2D eigenvalue weighted by Crippen LogP contribution is -2.48. The highest BCUT2D eigenvalue weighted by molar-refractivity contribution is 5.23. The van der Waals surface area contributed by atoms with Crippen molar-refractivity contribution in [3.05, 3.63) is 47.5 Å². The maximum atomic E-state index is 3.67. The molecule has 1 aromatic rings. The number of benzene rings is 1. The Labute approximate surface area is 123 Å². The minimum atomic E-state index is 0.447. The third-order valence-electron chi connectivity index (χ3n) is 5.75. The van der Waals surface area contributed by atoms with Crippen LogP contribution in [0.5, 0.6) is 0 Å². The van der Waals surface area contributed by atoms with E-state index in [1.54, 1.807) is 5.57 Å². The highest BCUT2D eigenvalue weighted by Gasteiger charge is 2.50. The standard InChI is InChI=1S/C19H27N/c1-14(15-7-5-4-6-8-15)20-12-11-16-9-10-17-13-18(16)19(17,2)3/h4-9,14,17-18,20H,10-13H2,1-3H3/t14?,17-,18-/m0/s1. The van der Waals surface area contributed by atoms with E-state index < -0.39 is 0 Å². The van der Waals surface area contributed by atoms with Crippen molar-refractivity contribution in [2.75, 3.05) is 6.54 Å². The van der Waals surface area contributed by atoms with E-state index in [1.807, 2.05) is 0 Å². The minimum absolute atomic E-state index is 0.447. The average molecular weight is 269 g/mol. The molecule has 1 heteroatoms. The predicted octanol–water partition coefficient (Wildman–Crippen LogP) is 4.72. The van der Waals surface area contributed by atoms with Crippen LogP contribution in [0.3, 0.4) is 0 Å². The molecule has 1 saturated carbocycles. The molecule has 3 atom stereocenters. The maximum Gasteiger partial charge on any atom is 0.0291 e. The molecule has 1 aromatic carbocycles. The van der Waals surface area contributed by atoms with Gasteiger partial charge in [-0.1, -0.05) is 55.8 Å². The van der Waals surface area contributed by atoms with Gasteiger partial charge < -0.3 is 5.32 Å². The molecule has 0 saturated heterocycles. The van der Waals surface area contributed by atoms with Crippen molar-refractivity contribution >= 4 is 0 Å². The normalized spacial score (nSPS) is 28.4. The zero-order chi connectivity index (χ0) is 14.2. The third-order valence-corrected chi connectivity index (χ3v) is 5.75. The Morgan fingerprint density at radius 3 is 2.65 bits per heavy atom. The Hall–Kier alpha value is -1.08. The van der Waals surface area contributed by atoms with Gasteiger partial charge in [0.05, 0.1) is 0 Å². The van der Waals surface area contributed by atoms with Crippen LogP contribution in [0.2, 0.25) is 0 Å². The van der Waals surface area contributed by atoms with E-state index >= 15 is 0 Å². The van der Waals surface area contributed by atoms with Crippen LogP contribution in [0.25, 0.3) is 0 Å². The molecule has 0 heterocycles. The lowest BCUT2D eigenvalue weighted by molar-refractivity contribution is -0.00818. The fourth-order valence-electron chi connectivity index (χ4n) is 4.05. The highest BCUT2D eigenvalue weighted by Crippen LogP contribution is 2.59. The summed E-state index contributed by atoms with van der Waals surface area (Å²) < 4.78 is 0. The van der Waals surface area contributed by atoms with Gasteiger partial charge in [-0.25, -0.2) is 0 Å². The highest BCUT2D eigenvalue weighted by atomic mass is 14.9. The number of allylic oxidation sites excluding steroid dienone is 1. The van der Waals surface area contributed by atoms with Gasteiger partial charge in [0.25, 0.3) is 0 Å². The molecule has 4 rings (SSSR count). The minimum Gasteiger partial charge on any atom is -0.310 e. The van der Waals surface area contributed by atoms with E-state index in [0.717, 1.165) is 18.4 Å². The molecule has 20 heavy (non-hydrogen) atoms. The summed E-state index contributed by atoms with van der Waals surface area (Å²) in [4.78, 5) is 0. The van der Waals surface area contributed by atoms with Gasteiger partial charge in [-0.15, -0.1) is 0 Å². The first-order chi connectivity index (χ1) is 9.59. The Morgan fingerprint density at radius 1 is 1.25 bits per heavy atom. The summed E-state index contributed by atoms with van der Waals surface area (Å²) in [5, 5.41) is 3.67. The number of nitrogens with one attached hydrogen (secondary N) is 1. The quantitative estimate of drug-likeness (QED) is 0.763. The molecule has 0 spiro atoms. The van der Waals surface area contributed by atoms with Crippen molar-refractivity contribution in [3.63, 3.8) is 0 Å². The average Bonchev–Trinajstić information content (AvgIpc) is 2.48. The number of fused-ring (bicyclic) bond motifs is 1. The van der Waals surface area contributed by atoms with Crippen LogP contribution in [-0.2, 0) is 0 Å². The smallest absolute Gasteiger partial charge is 0.0291 e. The van der Waals surface area contributed by atoms with Crippen LogP contribution in [0, 0.1) is 17.3 Å². The summed E-state index contributed by atoms with van der Waals surface area (Å²) in [6.45, 7) is 8.27. The van der Waals surface area contributed by atoms with Gasteiger partial charge in [-0.3, -0.25) is 0 Å². The second-order valence-electron chi connectivity index (χ2n) is 7.16. The molecule has 1 nitrogen and oxygen atoms in total. The van der Waals surface area contributed by atoms with Crippen molar-refractivity contribution in [2.45, 2.75) is 46.1 Å². The SMILES string of the molecule is CC(NCCC1=CC[C@H]2C[C@@H]1C2(C)C)c1ccccc1. The van der Waals surface area contributed by atoms with Crippen LogP contribution >= 0.6 is 0 Å². The fraction of sp³-hybridized carbons (Fsp3) is 0.579. The van der Waals surface area contributed by atoms with E-state index in [-0.39, 0.29) is 0 Å². The van der Waals surface area contributed by atoms with Gasteiger partial charge >= 0.3 is 0 Å². The van der Waals surface area contributed by atoms with Gasteiger partial charge in [0.2, 0.25) is 0 Å².